The van der Waals surface area contributed by atoms with Crippen molar-refractivity contribution in [2.45, 2.75) is 53.0 Å². The molecule has 0 radical (unpaired) electrons. The lowest BCUT2D eigenvalue weighted by atomic mass is 10.1. The summed E-state index contributed by atoms with van der Waals surface area (Å²) in [4.78, 5) is 34.2. The third-order valence-electron chi connectivity index (χ3n) is 6.00. The molecule has 40 heavy (non-hydrogen) atoms. The number of carboxylic acid groups (broad SMARTS) is 2. The number of aliphatic carboxylic acids is 2. The van der Waals surface area contributed by atoms with E-state index in [1.54, 1.807) is 56.7 Å². The van der Waals surface area contributed by atoms with Crippen LogP contribution in [0, 0.1) is 13.8 Å². The first-order valence-corrected chi connectivity index (χ1v) is 17.0. The lowest BCUT2D eigenvalue weighted by Gasteiger charge is -2.06. The molecule has 4 N–H and O–H groups in total. The maximum atomic E-state index is 11.5. The highest BCUT2D eigenvalue weighted by Crippen LogP contribution is 2.48. The fourth-order valence-corrected chi connectivity index (χ4v) is 9.73. The Hall–Kier alpha value is -2.60. The van der Waals surface area contributed by atoms with Crippen LogP contribution in [0.4, 0.5) is 0 Å². The van der Waals surface area contributed by atoms with Crippen molar-refractivity contribution in [2.75, 3.05) is 0 Å². The topological polar surface area (TPSA) is 101 Å². The Morgan fingerprint density at radius 2 is 1.18 bits per heavy atom. The van der Waals surface area contributed by atoms with E-state index in [0.29, 0.717) is 6.42 Å². The van der Waals surface area contributed by atoms with Crippen LogP contribution in [-0.2, 0) is 22.4 Å². The zero-order valence-corrected chi connectivity index (χ0v) is 26.7. The molecule has 1 unspecified atom stereocenters. The van der Waals surface area contributed by atoms with Crippen molar-refractivity contribution >= 4 is 68.6 Å². The van der Waals surface area contributed by atoms with Crippen LogP contribution in [0.5, 0.6) is 0 Å². The van der Waals surface area contributed by atoms with Crippen LogP contribution in [-0.4, -0.2) is 28.2 Å². The van der Waals surface area contributed by atoms with Crippen LogP contribution in [0.25, 0.3) is 39.0 Å². The monoisotopic (exact) mass is 629 g/mol. The van der Waals surface area contributed by atoms with E-state index in [2.05, 4.69) is 62.4 Å². The molecule has 0 amide bonds. The Morgan fingerprint density at radius 1 is 0.700 bits per heavy atom. The summed E-state index contributed by atoms with van der Waals surface area (Å²) in [6, 6.07) is 15.8. The van der Waals surface area contributed by atoms with Gasteiger partial charge >= 0.3 is 11.9 Å². The molecule has 0 aliphatic rings. The zero-order valence-electron chi connectivity index (χ0n) is 22.6. The lowest BCUT2D eigenvalue weighted by molar-refractivity contribution is -0.138. The van der Waals surface area contributed by atoms with Gasteiger partial charge in [0, 0.05) is 55.2 Å². The van der Waals surface area contributed by atoms with Gasteiger partial charge in [0.25, 0.3) is 0 Å². The molecule has 5 aromatic heterocycles. The average molecular weight is 630 g/mol. The summed E-state index contributed by atoms with van der Waals surface area (Å²) >= 11 is 8.47. The number of hydrogen-bond acceptors (Lipinski definition) is 8. The van der Waals surface area contributed by atoms with Gasteiger partial charge in [-0.15, -0.1) is 56.7 Å². The van der Waals surface area contributed by atoms with Crippen molar-refractivity contribution in [1.82, 2.24) is 0 Å². The third kappa shape index (κ3) is 6.99. The molecule has 0 saturated carbocycles. The van der Waals surface area contributed by atoms with E-state index >= 15 is 0 Å². The van der Waals surface area contributed by atoms with E-state index in [1.807, 2.05) is 13.8 Å². The second-order valence-corrected chi connectivity index (χ2v) is 14.7. The standard InChI is InChI=1S/C28H25NO4S5.C2H6/c1-14-3-6-19(34-14)23-12-16(5-10-25(30)31)26(37-23)21-8-9-22(36-21)27-17(11-18(29)28(32)33)13-24(38-27)20-7-4-15(2)35-20;1-2/h3-4,6-9,12-13,18H,5,10-11,29H2,1-2H3,(H,30,31)(H,32,33);1-2H3. The fourth-order valence-electron chi connectivity index (χ4n) is 4.14. The van der Waals surface area contributed by atoms with E-state index in [9.17, 15) is 19.8 Å². The highest BCUT2D eigenvalue weighted by atomic mass is 32.1. The number of carbonyl (C=O) groups is 2. The van der Waals surface area contributed by atoms with Gasteiger partial charge in [0.1, 0.15) is 6.04 Å². The minimum atomic E-state index is -1.01. The molecule has 5 aromatic rings. The van der Waals surface area contributed by atoms with Crippen LogP contribution < -0.4 is 5.73 Å². The highest BCUT2D eigenvalue weighted by Gasteiger charge is 2.22. The number of hydrogen-bond donors (Lipinski definition) is 3. The molecule has 1 atom stereocenters. The van der Waals surface area contributed by atoms with E-state index < -0.39 is 18.0 Å². The molecule has 10 heteroatoms. The Balaban J connectivity index is 0.00000181. The van der Waals surface area contributed by atoms with Crippen molar-refractivity contribution in [3.63, 3.8) is 0 Å². The lowest BCUT2D eigenvalue weighted by Crippen LogP contribution is -2.32. The maximum Gasteiger partial charge on any atom is 0.320 e. The molecule has 5 rings (SSSR count). The highest BCUT2D eigenvalue weighted by molar-refractivity contribution is 7.29. The molecule has 5 heterocycles. The van der Waals surface area contributed by atoms with Gasteiger partial charge < -0.3 is 15.9 Å². The SMILES string of the molecule is CC.Cc1ccc(-c2cc(CCC(=O)O)c(-c3ccc(-c4sc(-c5ccc(C)s5)cc4CC(N)C(=O)O)s3)s2)s1. The molecule has 0 spiro atoms. The number of thiophene rings is 5. The zero-order chi connectivity index (χ0) is 29.0. The van der Waals surface area contributed by atoms with Crippen molar-refractivity contribution in [3.05, 3.63) is 69.4 Å². The second kappa shape index (κ2) is 13.4. The van der Waals surface area contributed by atoms with Gasteiger partial charge in [-0.25, -0.2) is 0 Å². The van der Waals surface area contributed by atoms with Gasteiger partial charge in [-0.1, -0.05) is 13.8 Å². The summed E-state index contributed by atoms with van der Waals surface area (Å²) < 4.78 is 0. The van der Waals surface area contributed by atoms with Crippen LogP contribution in [0.2, 0.25) is 0 Å². The summed E-state index contributed by atoms with van der Waals surface area (Å²) in [7, 11) is 0. The fraction of sp³-hybridized carbons (Fsp3) is 0.267. The van der Waals surface area contributed by atoms with Crippen LogP contribution >= 0.6 is 56.7 Å². The van der Waals surface area contributed by atoms with Gasteiger partial charge in [-0.2, -0.15) is 0 Å². The van der Waals surface area contributed by atoms with Crippen LogP contribution in [0.3, 0.4) is 0 Å². The summed E-state index contributed by atoms with van der Waals surface area (Å²) in [6.07, 6.45) is 0.804. The number of rotatable bonds is 10. The van der Waals surface area contributed by atoms with Gasteiger partial charge in [-0.3, -0.25) is 9.59 Å². The van der Waals surface area contributed by atoms with Crippen molar-refractivity contribution in [3.8, 4) is 39.0 Å². The first kappa shape index (κ1) is 30.4. The molecule has 0 bridgehead atoms. The Bertz CT molecular complexity index is 1620. The number of aryl methyl sites for hydroxylation is 3. The molecule has 210 valence electrons. The van der Waals surface area contributed by atoms with Crippen molar-refractivity contribution < 1.29 is 19.8 Å². The van der Waals surface area contributed by atoms with Crippen molar-refractivity contribution in [2.24, 2.45) is 5.73 Å². The minimum Gasteiger partial charge on any atom is -0.481 e. The number of nitrogens with two attached hydrogens (primary N) is 1. The van der Waals surface area contributed by atoms with Crippen LogP contribution in [0.15, 0.2) is 48.5 Å². The van der Waals surface area contributed by atoms with Gasteiger partial charge in [-0.05, 0) is 86.3 Å². The van der Waals surface area contributed by atoms with Gasteiger partial charge in [0.2, 0.25) is 0 Å². The van der Waals surface area contributed by atoms with E-state index in [1.165, 1.54) is 14.6 Å². The Labute approximate surface area is 254 Å². The second-order valence-electron chi connectivity index (χ2n) is 8.96. The molecule has 0 aliphatic heterocycles. The first-order chi connectivity index (χ1) is 19.2. The number of carboxylic acids is 2. The van der Waals surface area contributed by atoms with Gasteiger partial charge in [0.15, 0.2) is 0 Å². The van der Waals surface area contributed by atoms with E-state index in [0.717, 1.165) is 45.3 Å². The maximum absolute atomic E-state index is 11.5. The van der Waals surface area contributed by atoms with Crippen LogP contribution in [0.1, 0.15) is 41.1 Å². The molecule has 0 saturated heterocycles. The van der Waals surface area contributed by atoms with Gasteiger partial charge in [0.05, 0.1) is 0 Å². The smallest absolute Gasteiger partial charge is 0.320 e. The predicted octanol–water partition coefficient (Wildman–Crippen LogP) is 9.28. The normalized spacial score (nSPS) is 11.7. The Kier molecular flexibility index (Phi) is 10.2. The summed E-state index contributed by atoms with van der Waals surface area (Å²) in [5.41, 5.74) is 7.93. The third-order valence-corrected chi connectivity index (χ3v) is 12.2. The summed E-state index contributed by atoms with van der Waals surface area (Å²) in [5, 5.41) is 18.8. The summed E-state index contributed by atoms with van der Waals surface area (Å²) in [5.74, 6) is -1.82. The predicted molar refractivity (Wildman–Crippen MR) is 174 cm³/mol. The molecule has 5 nitrogen and oxygen atoms in total. The Morgan fingerprint density at radius 3 is 1.62 bits per heavy atom. The molecular weight excluding hydrogens is 599 g/mol. The van der Waals surface area contributed by atoms with Crippen molar-refractivity contribution in [1.29, 1.82) is 0 Å². The summed E-state index contributed by atoms with van der Waals surface area (Å²) in [6.45, 7) is 8.16. The largest absolute Gasteiger partial charge is 0.481 e. The molecular formula is C30H31NO4S5. The first-order valence-electron chi connectivity index (χ1n) is 12.9. The average Bonchev–Trinajstić information content (AvgIpc) is 3.73. The minimum absolute atomic E-state index is 0.0800. The van der Waals surface area contributed by atoms with E-state index in [4.69, 9.17) is 5.73 Å². The molecule has 0 aliphatic carbocycles. The molecule has 0 fully saturated rings. The molecule has 0 aromatic carbocycles. The van der Waals surface area contributed by atoms with E-state index in [-0.39, 0.29) is 12.8 Å². The quantitative estimate of drug-likeness (QED) is 0.143.